The maximum atomic E-state index is 13.6. The van der Waals surface area contributed by atoms with Crippen LogP contribution in [0.2, 0.25) is 0 Å². The molecule has 0 N–H and O–H groups in total. The van der Waals surface area contributed by atoms with Crippen molar-refractivity contribution in [3.8, 4) is 0 Å². The van der Waals surface area contributed by atoms with Gasteiger partial charge in [-0.15, -0.1) is 0 Å². The summed E-state index contributed by atoms with van der Waals surface area (Å²) in [7, 11) is 1.43. The van der Waals surface area contributed by atoms with Crippen LogP contribution in [0.3, 0.4) is 0 Å². The lowest BCUT2D eigenvalue weighted by molar-refractivity contribution is -0.140. The Bertz CT molecular complexity index is 277. The van der Waals surface area contributed by atoms with Gasteiger partial charge in [0.05, 0.1) is 7.11 Å². The highest BCUT2D eigenvalue weighted by atomic mass is 19.1. The summed E-state index contributed by atoms with van der Waals surface area (Å²) < 4.78 is 18.1. The molecule has 0 heterocycles. The molecule has 0 fully saturated rings. The minimum atomic E-state index is -0.661. The van der Waals surface area contributed by atoms with Gasteiger partial charge in [-0.2, -0.15) is 0 Å². The molecule has 3 heteroatoms. The first kappa shape index (κ1) is 21.1. The fraction of sp³-hybridized carbons (Fsp3) is 0.842. The van der Waals surface area contributed by atoms with Crippen LogP contribution in [0.25, 0.3) is 0 Å². The van der Waals surface area contributed by atoms with Crippen molar-refractivity contribution in [2.75, 3.05) is 7.11 Å². The van der Waals surface area contributed by atoms with Crippen molar-refractivity contribution in [1.82, 2.24) is 0 Å². The molecule has 0 aromatic heterocycles. The zero-order valence-electron chi connectivity index (χ0n) is 14.6. The summed E-state index contributed by atoms with van der Waals surface area (Å²) in [5.41, 5.74) is 0. The molecule has 0 aromatic rings. The smallest absolute Gasteiger partial charge is 0.305 e. The van der Waals surface area contributed by atoms with Gasteiger partial charge in [0, 0.05) is 6.42 Å². The number of ether oxygens (including phenoxy) is 1. The van der Waals surface area contributed by atoms with Gasteiger partial charge in [-0.1, -0.05) is 64.0 Å². The molecule has 0 aliphatic heterocycles. The van der Waals surface area contributed by atoms with Gasteiger partial charge in [0.15, 0.2) is 0 Å². The first-order valence-corrected chi connectivity index (χ1v) is 9.06. The van der Waals surface area contributed by atoms with E-state index in [1.165, 1.54) is 26.4 Å². The topological polar surface area (TPSA) is 26.3 Å². The number of hydrogen-bond acceptors (Lipinski definition) is 2. The van der Waals surface area contributed by atoms with Gasteiger partial charge < -0.3 is 4.74 Å². The Labute approximate surface area is 136 Å². The lowest BCUT2D eigenvalue weighted by Gasteiger charge is -2.04. The lowest BCUT2D eigenvalue weighted by Crippen LogP contribution is -1.99. The van der Waals surface area contributed by atoms with Gasteiger partial charge in [0.1, 0.15) is 6.17 Å². The summed E-state index contributed by atoms with van der Waals surface area (Å²) in [6.07, 6.45) is 16.4. The Morgan fingerprint density at radius 1 is 1.00 bits per heavy atom. The van der Waals surface area contributed by atoms with Crippen LogP contribution in [0.15, 0.2) is 12.2 Å². The molecule has 0 rings (SSSR count). The fourth-order valence-corrected chi connectivity index (χ4v) is 2.44. The SMILES string of the molecule is CCCCCCC(F)C/C=C/CCCCCCCC(=O)OC. The Morgan fingerprint density at radius 2 is 1.68 bits per heavy atom. The maximum Gasteiger partial charge on any atom is 0.305 e. The molecule has 2 nitrogen and oxygen atoms in total. The van der Waals surface area contributed by atoms with E-state index in [2.05, 4.69) is 17.7 Å². The van der Waals surface area contributed by atoms with Crippen molar-refractivity contribution in [3.63, 3.8) is 0 Å². The average molecular weight is 314 g/mol. The number of methoxy groups -OCH3 is 1. The van der Waals surface area contributed by atoms with Crippen molar-refractivity contribution < 1.29 is 13.9 Å². The maximum absolute atomic E-state index is 13.6. The Balaban J connectivity index is 3.28. The van der Waals surface area contributed by atoms with Crippen LogP contribution in [-0.4, -0.2) is 19.3 Å². The van der Waals surface area contributed by atoms with Crippen LogP contribution in [0.4, 0.5) is 4.39 Å². The van der Waals surface area contributed by atoms with Crippen LogP contribution in [0, 0.1) is 0 Å². The Hall–Kier alpha value is -0.860. The third-order valence-corrected chi connectivity index (χ3v) is 3.91. The number of unbranched alkanes of at least 4 members (excludes halogenated alkanes) is 8. The first-order valence-electron chi connectivity index (χ1n) is 9.06. The molecule has 0 saturated heterocycles. The number of esters is 1. The molecule has 1 unspecified atom stereocenters. The monoisotopic (exact) mass is 314 g/mol. The van der Waals surface area contributed by atoms with E-state index in [0.29, 0.717) is 19.3 Å². The van der Waals surface area contributed by atoms with E-state index in [9.17, 15) is 9.18 Å². The molecular formula is C19H35FO2. The molecule has 0 aromatic carbocycles. The van der Waals surface area contributed by atoms with E-state index < -0.39 is 6.17 Å². The highest BCUT2D eigenvalue weighted by Crippen LogP contribution is 2.12. The second kappa shape index (κ2) is 16.5. The standard InChI is InChI=1S/C19H35FO2/c1-3-4-5-12-15-18(20)16-13-10-8-6-7-9-11-14-17-19(21)22-2/h10,13,18H,3-9,11-12,14-17H2,1-2H3/b13-10+. The van der Waals surface area contributed by atoms with Crippen LogP contribution in [0.5, 0.6) is 0 Å². The summed E-state index contributed by atoms with van der Waals surface area (Å²) in [4.78, 5) is 10.9. The number of rotatable bonds is 15. The van der Waals surface area contributed by atoms with Crippen molar-refractivity contribution in [1.29, 1.82) is 0 Å². The number of halogens is 1. The van der Waals surface area contributed by atoms with Crippen molar-refractivity contribution in [2.45, 2.75) is 96.6 Å². The summed E-state index contributed by atoms with van der Waals surface area (Å²) in [5, 5.41) is 0. The summed E-state index contributed by atoms with van der Waals surface area (Å²) in [6.45, 7) is 2.18. The van der Waals surface area contributed by atoms with Gasteiger partial charge in [0.2, 0.25) is 0 Å². The quantitative estimate of drug-likeness (QED) is 0.206. The average Bonchev–Trinajstić information content (AvgIpc) is 2.53. The van der Waals surface area contributed by atoms with Crippen molar-refractivity contribution in [2.24, 2.45) is 0 Å². The van der Waals surface area contributed by atoms with Crippen LogP contribution >= 0.6 is 0 Å². The number of carbonyl (C=O) groups is 1. The molecular weight excluding hydrogens is 279 g/mol. The zero-order valence-corrected chi connectivity index (χ0v) is 14.6. The van der Waals surface area contributed by atoms with Crippen LogP contribution in [-0.2, 0) is 9.53 Å². The summed E-state index contributed by atoms with van der Waals surface area (Å²) in [6, 6.07) is 0. The van der Waals surface area contributed by atoms with Gasteiger partial charge in [0.25, 0.3) is 0 Å². The Kier molecular flexibility index (Phi) is 15.9. The molecule has 0 spiro atoms. The minimum Gasteiger partial charge on any atom is -0.469 e. The molecule has 0 bridgehead atoms. The predicted octanol–water partition coefficient (Wildman–Crippen LogP) is 6.14. The highest BCUT2D eigenvalue weighted by Gasteiger charge is 2.03. The highest BCUT2D eigenvalue weighted by molar-refractivity contribution is 5.68. The van der Waals surface area contributed by atoms with E-state index in [-0.39, 0.29) is 5.97 Å². The molecule has 0 aliphatic carbocycles. The number of carbonyl (C=O) groups excluding carboxylic acids is 1. The van der Waals surface area contributed by atoms with Crippen LogP contribution in [0.1, 0.15) is 90.4 Å². The van der Waals surface area contributed by atoms with E-state index >= 15 is 0 Å². The second-order valence-corrected chi connectivity index (χ2v) is 6.04. The molecule has 0 aliphatic rings. The van der Waals surface area contributed by atoms with Gasteiger partial charge >= 0.3 is 5.97 Å². The third kappa shape index (κ3) is 15.5. The van der Waals surface area contributed by atoms with Crippen molar-refractivity contribution >= 4 is 5.97 Å². The molecule has 22 heavy (non-hydrogen) atoms. The van der Waals surface area contributed by atoms with Gasteiger partial charge in [-0.25, -0.2) is 4.39 Å². The summed E-state index contributed by atoms with van der Waals surface area (Å²) >= 11 is 0. The fourth-order valence-electron chi connectivity index (χ4n) is 2.44. The molecule has 130 valence electrons. The van der Waals surface area contributed by atoms with E-state index in [4.69, 9.17) is 0 Å². The first-order chi connectivity index (χ1) is 10.7. The zero-order chi connectivity index (χ0) is 16.5. The third-order valence-electron chi connectivity index (χ3n) is 3.91. The predicted molar refractivity (Wildman–Crippen MR) is 91.7 cm³/mol. The second-order valence-electron chi connectivity index (χ2n) is 6.04. The Morgan fingerprint density at radius 3 is 2.41 bits per heavy atom. The van der Waals surface area contributed by atoms with Crippen molar-refractivity contribution in [3.05, 3.63) is 12.2 Å². The largest absolute Gasteiger partial charge is 0.469 e. The normalized spacial score (nSPS) is 12.7. The van der Waals surface area contributed by atoms with E-state index in [1.807, 2.05) is 6.08 Å². The lowest BCUT2D eigenvalue weighted by atomic mass is 10.1. The molecule has 0 saturated carbocycles. The van der Waals surface area contributed by atoms with Crippen LogP contribution < -0.4 is 0 Å². The van der Waals surface area contributed by atoms with E-state index in [1.54, 1.807) is 0 Å². The number of hydrogen-bond donors (Lipinski definition) is 0. The van der Waals surface area contributed by atoms with E-state index in [0.717, 1.165) is 44.9 Å². The van der Waals surface area contributed by atoms with Gasteiger partial charge in [-0.3, -0.25) is 4.79 Å². The molecule has 0 amide bonds. The number of allylic oxidation sites excluding steroid dienone is 2. The minimum absolute atomic E-state index is 0.113. The molecule has 1 atom stereocenters. The molecule has 0 radical (unpaired) electrons. The summed E-state index contributed by atoms with van der Waals surface area (Å²) in [5.74, 6) is -0.113. The van der Waals surface area contributed by atoms with Gasteiger partial charge in [-0.05, 0) is 32.1 Å². The number of alkyl halides is 1.